The minimum Gasteiger partial charge on any atom is -0.330 e. The summed E-state index contributed by atoms with van der Waals surface area (Å²) in [7, 11) is 0. The highest BCUT2D eigenvalue weighted by molar-refractivity contribution is 6.29. The number of carbonyl (C=O) groups excluding carboxylic acids is 1. The Balaban J connectivity index is 1.29. The van der Waals surface area contributed by atoms with Crippen LogP contribution in [0.25, 0.3) is 0 Å². The maximum Gasteiger partial charge on any atom is 0.256 e. The molecular formula is C23H26ClN3O. The smallest absolute Gasteiger partial charge is 0.256 e. The van der Waals surface area contributed by atoms with Crippen molar-refractivity contribution < 1.29 is 4.79 Å². The molecule has 2 aromatic rings. The van der Waals surface area contributed by atoms with Gasteiger partial charge in [0.15, 0.2) is 0 Å². The molecule has 3 heterocycles. The van der Waals surface area contributed by atoms with Gasteiger partial charge < -0.3 is 4.90 Å². The van der Waals surface area contributed by atoms with E-state index in [2.05, 4.69) is 28.1 Å². The van der Waals surface area contributed by atoms with Gasteiger partial charge in [0.1, 0.15) is 5.15 Å². The Morgan fingerprint density at radius 1 is 1.04 bits per heavy atom. The van der Waals surface area contributed by atoms with Crippen molar-refractivity contribution in [3.63, 3.8) is 0 Å². The zero-order valence-corrected chi connectivity index (χ0v) is 16.9. The Labute approximate surface area is 171 Å². The van der Waals surface area contributed by atoms with Crippen molar-refractivity contribution >= 4 is 17.5 Å². The van der Waals surface area contributed by atoms with E-state index >= 15 is 0 Å². The lowest BCUT2D eigenvalue weighted by Gasteiger charge is -2.26. The van der Waals surface area contributed by atoms with Gasteiger partial charge in [0.05, 0.1) is 5.56 Å². The van der Waals surface area contributed by atoms with E-state index in [1.54, 1.807) is 6.20 Å². The Hall–Kier alpha value is -1.91. The fourth-order valence-corrected chi connectivity index (χ4v) is 5.30. The summed E-state index contributed by atoms with van der Waals surface area (Å²) in [6.45, 7) is 3.61. The summed E-state index contributed by atoms with van der Waals surface area (Å²) in [4.78, 5) is 21.4. The van der Waals surface area contributed by atoms with Gasteiger partial charge in [-0.3, -0.25) is 9.69 Å². The summed E-state index contributed by atoms with van der Waals surface area (Å²) in [5.41, 5.74) is 5.83. The van der Waals surface area contributed by atoms with Crippen LogP contribution in [0.1, 0.15) is 58.3 Å². The number of hydrogen-bond acceptors (Lipinski definition) is 3. The van der Waals surface area contributed by atoms with Gasteiger partial charge in [-0.05, 0) is 54.0 Å². The lowest BCUT2D eigenvalue weighted by atomic mass is 10.00. The van der Waals surface area contributed by atoms with Gasteiger partial charge in [-0.25, -0.2) is 4.98 Å². The van der Waals surface area contributed by atoms with Gasteiger partial charge in [-0.2, -0.15) is 0 Å². The molecule has 1 aromatic heterocycles. The average Bonchev–Trinajstić information content (AvgIpc) is 3.26. The lowest BCUT2D eigenvalue weighted by Crippen LogP contribution is -2.35. The van der Waals surface area contributed by atoms with Gasteiger partial charge in [-0.1, -0.05) is 42.6 Å². The molecule has 0 radical (unpaired) electrons. The van der Waals surface area contributed by atoms with E-state index in [0.29, 0.717) is 23.8 Å². The van der Waals surface area contributed by atoms with Crippen molar-refractivity contribution in [3.05, 3.63) is 63.4 Å². The molecule has 146 valence electrons. The molecule has 1 amide bonds. The molecule has 0 bridgehead atoms. The number of pyridine rings is 1. The molecular weight excluding hydrogens is 370 g/mol. The summed E-state index contributed by atoms with van der Waals surface area (Å²) in [5.74, 6) is 0.0570. The van der Waals surface area contributed by atoms with Gasteiger partial charge in [0.25, 0.3) is 5.91 Å². The van der Waals surface area contributed by atoms with Crippen molar-refractivity contribution in [1.29, 1.82) is 0 Å². The zero-order chi connectivity index (χ0) is 19.1. The van der Waals surface area contributed by atoms with Gasteiger partial charge in [0.2, 0.25) is 0 Å². The molecule has 0 spiro atoms. The second kappa shape index (κ2) is 7.49. The van der Waals surface area contributed by atoms with Crippen LogP contribution in [0.15, 0.2) is 30.5 Å². The van der Waals surface area contributed by atoms with Crippen LogP contribution in [0, 0.1) is 0 Å². The van der Waals surface area contributed by atoms with E-state index in [4.69, 9.17) is 11.6 Å². The number of halogens is 1. The maximum atomic E-state index is 12.7. The fourth-order valence-electron chi connectivity index (χ4n) is 5.12. The third-order valence-electron chi connectivity index (χ3n) is 6.66. The van der Waals surface area contributed by atoms with E-state index < -0.39 is 0 Å². The highest BCUT2D eigenvalue weighted by Crippen LogP contribution is 2.28. The molecule has 2 aliphatic heterocycles. The quantitative estimate of drug-likeness (QED) is 0.729. The molecule has 28 heavy (non-hydrogen) atoms. The average molecular weight is 396 g/mol. The van der Waals surface area contributed by atoms with Crippen LogP contribution in [-0.4, -0.2) is 39.8 Å². The first kappa shape index (κ1) is 18.1. The number of amides is 1. The molecule has 3 aliphatic rings. The summed E-state index contributed by atoms with van der Waals surface area (Å²) in [6, 6.07) is 9.42. The van der Waals surface area contributed by atoms with E-state index in [1.807, 2.05) is 11.0 Å². The Bertz CT molecular complexity index is 907. The minimum absolute atomic E-state index is 0.0570. The first-order valence-corrected chi connectivity index (χ1v) is 10.8. The van der Waals surface area contributed by atoms with Gasteiger partial charge in [-0.15, -0.1) is 0 Å². The van der Waals surface area contributed by atoms with E-state index in [9.17, 15) is 4.79 Å². The van der Waals surface area contributed by atoms with Crippen molar-refractivity contribution in [2.75, 3.05) is 13.1 Å². The molecule has 1 aromatic carbocycles. The molecule has 1 fully saturated rings. The van der Waals surface area contributed by atoms with Crippen LogP contribution in [0.5, 0.6) is 0 Å². The normalized spacial score (nSPS) is 20.3. The third-order valence-corrected chi connectivity index (χ3v) is 6.86. The van der Waals surface area contributed by atoms with Gasteiger partial charge in [0, 0.05) is 38.4 Å². The molecule has 0 saturated heterocycles. The number of carbonyl (C=O) groups is 1. The number of fused-ring (bicyclic) bond motifs is 2. The summed E-state index contributed by atoms with van der Waals surface area (Å²) >= 11 is 5.99. The zero-order valence-electron chi connectivity index (χ0n) is 16.2. The summed E-state index contributed by atoms with van der Waals surface area (Å²) in [5, 5.41) is 0.449. The summed E-state index contributed by atoms with van der Waals surface area (Å²) < 4.78 is 0. The number of benzene rings is 1. The maximum absolute atomic E-state index is 12.7. The van der Waals surface area contributed by atoms with E-state index in [-0.39, 0.29) is 5.91 Å². The minimum atomic E-state index is 0.0570. The van der Waals surface area contributed by atoms with Crippen LogP contribution < -0.4 is 0 Å². The molecule has 1 saturated carbocycles. The monoisotopic (exact) mass is 395 g/mol. The molecule has 0 N–H and O–H groups in total. The predicted octanol–water partition coefficient (Wildman–Crippen LogP) is 4.23. The fraction of sp³-hybridized carbons (Fsp3) is 0.478. The SMILES string of the molecule is O=C1c2cnc(Cl)cc2CN1Cc1ccc2c(c1)CCN(C1CCCC1)CC2. The van der Waals surface area contributed by atoms with Crippen LogP contribution in [0.4, 0.5) is 0 Å². The number of rotatable bonds is 3. The topological polar surface area (TPSA) is 36.4 Å². The molecule has 5 rings (SSSR count). The van der Waals surface area contributed by atoms with Crippen LogP contribution in [-0.2, 0) is 25.9 Å². The van der Waals surface area contributed by atoms with Crippen molar-refractivity contribution in [2.24, 2.45) is 0 Å². The van der Waals surface area contributed by atoms with E-state index in [1.165, 1.54) is 55.5 Å². The molecule has 4 nitrogen and oxygen atoms in total. The molecule has 0 unspecified atom stereocenters. The van der Waals surface area contributed by atoms with E-state index in [0.717, 1.165) is 24.4 Å². The van der Waals surface area contributed by atoms with Crippen molar-refractivity contribution in [1.82, 2.24) is 14.8 Å². The predicted molar refractivity (Wildman–Crippen MR) is 111 cm³/mol. The number of hydrogen-bond donors (Lipinski definition) is 0. The number of aromatic nitrogens is 1. The standard InChI is InChI=1S/C23H26ClN3O/c24-22-12-19-15-27(23(28)21(19)13-25-22)14-16-5-6-17-7-9-26(10-8-18(17)11-16)20-3-1-2-4-20/h5-6,11-13,20H,1-4,7-10,14-15H2. The highest BCUT2D eigenvalue weighted by atomic mass is 35.5. The number of nitrogens with zero attached hydrogens (tertiary/aromatic N) is 3. The molecule has 1 aliphatic carbocycles. The first-order valence-electron chi connectivity index (χ1n) is 10.5. The lowest BCUT2D eigenvalue weighted by molar-refractivity contribution is 0.0766. The second-order valence-electron chi connectivity index (χ2n) is 8.40. The third kappa shape index (κ3) is 3.44. The van der Waals surface area contributed by atoms with Crippen molar-refractivity contribution in [2.45, 2.75) is 57.7 Å². The second-order valence-corrected chi connectivity index (χ2v) is 8.79. The Kier molecular flexibility index (Phi) is 4.85. The van der Waals surface area contributed by atoms with Gasteiger partial charge >= 0.3 is 0 Å². The first-order chi connectivity index (χ1) is 13.7. The Morgan fingerprint density at radius 3 is 2.64 bits per heavy atom. The van der Waals surface area contributed by atoms with Crippen LogP contribution in [0.2, 0.25) is 5.15 Å². The largest absolute Gasteiger partial charge is 0.330 e. The van der Waals surface area contributed by atoms with Crippen molar-refractivity contribution in [3.8, 4) is 0 Å². The van der Waals surface area contributed by atoms with Crippen LogP contribution >= 0.6 is 11.6 Å². The Morgan fingerprint density at radius 2 is 1.82 bits per heavy atom. The molecule has 0 atom stereocenters. The summed E-state index contributed by atoms with van der Waals surface area (Å²) in [6.07, 6.45) is 9.40. The molecule has 5 heteroatoms. The highest BCUT2D eigenvalue weighted by Gasteiger charge is 2.28. The van der Waals surface area contributed by atoms with Crippen LogP contribution in [0.3, 0.4) is 0 Å².